The van der Waals surface area contributed by atoms with Crippen molar-refractivity contribution in [3.8, 4) is 0 Å². The predicted molar refractivity (Wildman–Crippen MR) is 73.3 cm³/mol. The number of nitrogens with zero attached hydrogens (tertiary/aromatic N) is 2. The van der Waals surface area contributed by atoms with Crippen LogP contribution in [0.2, 0.25) is 0 Å². The summed E-state index contributed by atoms with van der Waals surface area (Å²) in [5.74, 6) is 0.687. The molecule has 4 heteroatoms. The fraction of sp³-hybridized carbons (Fsp3) is 0.615. The third-order valence-electron chi connectivity index (χ3n) is 3.32. The van der Waals surface area contributed by atoms with Crippen LogP contribution in [0, 0.1) is 12.8 Å². The number of nitrogens with two attached hydrogens (primary N) is 1. The Kier molecular flexibility index (Phi) is 5.89. The van der Waals surface area contributed by atoms with E-state index in [1.807, 2.05) is 13.1 Å². The molecule has 3 nitrogen and oxygen atoms in total. The van der Waals surface area contributed by atoms with Gasteiger partial charge in [-0.3, -0.25) is 9.88 Å². The van der Waals surface area contributed by atoms with Crippen molar-refractivity contribution in [2.45, 2.75) is 26.3 Å². The van der Waals surface area contributed by atoms with E-state index in [0.29, 0.717) is 5.92 Å². The molecule has 1 aromatic heterocycles. The third-order valence-corrected chi connectivity index (χ3v) is 3.32. The quantitative estimate of drug-likeness (QED) is 0.898. The number of aromatic nitrogens is 1. The number of halogens is 1. The van der Waals surface area contributed by atoms with Crippen LogP contribution in [0.4, 0.5) is 0 Å². The Balaban J connectivity index is 0.00000144. The number of likely N-dealkylation sites (tertiary alicyclic amines) is 1. The second kappa shape index (κ2) is 6.94. The highest BCUT2D eigenvalue weighted by Gasteiger charge is 2.18. The van der Waals surface area contributed by atoms with Gasteiger partial charge in [-0.15, -0.1) is 12.4 Å². The lowest BCUT2D eigenvalue weighted by molar-refractivity contribution is 0.171. The molecular formula is C13H22ClN3. The van der Waals surface area contributed by atoms with Crippen molar-refractivity contribution in [2.75, 3.05) is 19.6 Å². The summed E-state index contributed by atoms with van der Waals surface area (Å²) >= 11 is 0. The maximum Gasteiger partial charge on any atom is 0.0372 e. The Labute approximate surface area is 110 Å². The summed E-state index contributed by atoms with van der Waals surface area (Å²) in [6.45, 7) is 6.20. The molecule has 17 heavy (non-hydrogen) atoms. The second-order valence-electron chi connectivity index (χ2n) is 4.79. The minimum atomic E-state index is 0. The standard InChI is InChI=1S/C13H21N3.ClH/c1-11-4-5-13(8-15-11)10-16-6-2-3-12(7-14)9-16;/h4-5,8,12H,2-3,6-7,9-10,14H2,1H3;1H. The molecular weight excluding hydrogens is 234 g/mol. The molecule has 2 rings (SSSR count). The number of hydrogen-bond acceptors (Lipinski definition) is 3. The maximum absolute atomic E-state index is 5.74. The van der Waals surface area contributed by atoms with Gasteiger partial charge in [0.1, 0.15) is 0 Å². The van der Waals surface area contributed by atoms with Crippen molar-refractivity contribution in [2.24, 2.45) is 11.7 Å². The minimum Gasteiger partial charge on any atom is -0.330 e. The molecule has 1 aliphatic rings. The van der Waals surface area contributed by atoms with Crippen LogP contribution in [0.1, 0.15) is 24.1 Å². The van der Waals surface area contributed by atoms with Gasteiger partial charge in [0, 0.05) is 25.0 Å². The van der Waals surface area contributed by atoms with Gasteiger partial charge in [-0.25, -0.2) is 0 Å². The average Bonchev–Trinajstić information content (AvgIpc) is 2.32. The van der Waals surface area contributed by atoms with Crippen molar-refractivity contribution >= 4 is 12.4 Å². The average molecular weight is 256 g/mol. The first-order valence-corrected chi connectivity index (χ1v) is 6.12. The van der Waals surface area contributed by atoms with E-state index in [9.17, 15) is 0 Å². The molecule has 96 valence electrons. The first kappa shape index (κ1) is 14.4. The van der Waals surface area contributed by atoms with E-state index in [-0.39, 0.29) is 12.4 Å². The van der Waals surface area contributed by atoms with Gasteiger partial charge >= 0.3 is 0 Å². The van der Waals surface area contributed by atoms with E-state index < -0.39 is 0 Å². The Bertz CT molecular complexity index is 326. The summed E-state index contributed by atoms with van der Waals surface area (Å²) in [6, 6.07) is 4.26. The Morgan fingerprint density at radius 3 is 2.94 bits per heavy atom. The molecule has 1 unspecified atom stereocenters. The zero-order chi connectivity index (χ0) is 11.4. The molecule has 1 atom stereocenters. The lowest BCUT2D eigenvalue weighted by Crippen LogP contribution is -2.37. The summed E-state index contributed by atoms with van der Waals surface area (Å²) in [4.78, 5) is 6.83. The largest absolute Gasteiger partial charge is 0.330 e. The first-order chi connectivity index (χ1) is 7.78. The van der Waals surface area contributed by atoms with E-state index in [4.69, 9.17) is 5.73 Å². The lowest BCUT2D eigenvalue weighted by Gasteiger charge is -2.32. The highest BCUT2D eigenvalue weighted by molar-refractivity contribution is 5.85. The SMILES string of the molecule is Cc1ccc(CN2CCCC(CN)C2)cn1.Cl. The summed E-state index contributed by atoms with van der Waals surface area (Å²) in [5.41, 5.74) is 8.13. The molecule has 0 amide bonds. The lowest BCUT2D eigenvalue weighted by atomic mass is 9.98. The van der Waals surface area contributed by atoms with Gasteiger partial charge in [-0.05, 0) is 50.4 Å². The summed E-state index contributed by atoms with van der Waals surface area (Å²) in [6.07, 6.45) is 4.56. The topological polar surface area (TPSA) is 42.1 Å². The smallest absolute Gasteiger partial charge is 0.0372 e. The van der Waals surface area contributed by atoms with E-state index in [2.05, 4.69) is 22.0 Å². The molecule has 0 bridgehead atoms. The van der Waals surface area contributed by atoms with Crippen LogP contribution in [0.5, 0.6) is 0 Å². The number of rotatable bonds is 3. The molecule has 1 aliphatic heterocycles. The van der Waals surface area contributed by atoms with Crippen LogP contribution in [0.15, 0.2) is 18.3 Å². The highest BCUT2D eigenvalue weighted by Crippen LogP contribution is 2.17. The molecule has 1 saturated heterocycles. The zero-order valence-electron chi connectivity index (χ0n) is 10.4. The predicted octanol–water partition coefficient (Wildman–Crippen LogP) is 1.98. The molecule has 2 N–H and O–H groups in total. The van der Waals surface area contributed by atoms with E-state index >= 15 is 0 Å². The zero-order valence-corrected chi connectivity index (χ0v) is 11.2. The van der Waals surface area contributed by atoms with Crippen LogP contribution < -0.4 is 5.73 Å². The molecule has 1 fully saturated rings. The van der Waals surface area contributed by atoms with Crippen molar-refractivity contribution in [3.63, 3.8) is 0 Å². The van der Waals surface area contributed by atoms with Gasteiger partial charge in [0.05, 0.1) is 0 Å². The van der Waals surface area contributed by atoms with Gasteiger partial charge in [0.2, 0.25) is 0 Å². The normalized spacial score (nSPS) is 20.9. The van der Waals surface area contributed by atoms with Crippen molar-refractivity contribution in [1.82, 2.24) is 9.88 Å². The van der Waals surface area contributed by atoms with Gasteiger partial charge in [-0.2, -0.15) is 0 Å². The Morgan fingerprint density at radius 2 is 2.29 bits per heavy atom. The van der Waals surface area contributed by atoms with Crippen LogP contribution in [-0.4, -0.2) is 29.5 Å². The first-order valence-electron chi connectivity index (χ1n) is 6.12. The molecule has 0 aromatic carbocycles. The fourth-order valence-electron chi connectivity index (χ4n) is 2.34. The summed E-state index contributed by atoms with van der Waals surface area (Å²) < 4.78 is 0. The third kappa shape index (κ3) is 4.26. The van der Waals surface area contributed by atoms with Gasteiger partial charge < -0.3 is 5.73 Å². The number of hydrogen-bond donors (Lipinski definition) is 1. The highest BCUT2D eigenvalue weighted by atomic mass is 35.5. The van der Waals surface area contributed by atoms with E-state index in [1.165, 1.54) is 24.9 Å². The van der Waals surface area contributed by atoms with Gasteiger partial charge in [0.15, 0.2) is 0 Å². The molecule has 0 spiro atoms. The van der Waals surface area contributed by atoms with Gasteiger partial charge in [-0.1, -0.05) is 6.07 Å². The van der Waals surface area contributed by atoms with E-state index in [0.717, 1.165) is 25.3 Å². The van der Waals surface area contributed by atoms with Crippen molar-refractivity contribution in [3.05, 3.63) is 29.6 Å². The molecule has 1 aromatic rings. The fourth-order valence-corrected chi connectivity index (χ4v) is 2.34. The maximum atomic E-state index is 5.74. The second-order valence-corrected chi connectivity index (χ2v) is 4.79. The number of pyridine rings is 1. The van der Waals surface area contributed by atoms with Gasteiger partial charge in [0.25, 0.3) is 0 Å². The Hall–Kier alpha value is -0.640. The molecule has 0 radical (unpaired) electrons. The number of piperidine rings is 1. The van der Waals surface area contributed by atoms with Crippen LogP contribution in [0.3, 0.4) is 0 Å². The van der Waals surface area contributed by atoms with Crippen LogP contribution >= 0.6 is 12.4 Å². The van der Waals surface area contributed by atoms with Crippen molar-refractivity contribution < 1.29 is 0 Å². The molecule has 2 heterocycles. The molecule has 0 saturated carbocycles. The monoisotopic (exact) mass is 255 g/mol. The minimum absolute atomic E-state index is 0. The van der Waals surface area contributed by atoms with Crippen LogP contribution in [-0.2, 0) is 6.54 Å². The molecule has 0 aliphatic carbocycles. The summed E-state index contributed by atoms with van der Waals surface area (Å²) in [7, 11) is 0. The summed E-state index contributed by atoms with van der Waals surface area (Å²) in [5, 5.41) is 0. The number of aryl methyl sites for hydroxylation is 1. The van der Waals surface area contributed by atoms with E-state index in [1.54, 1.807) is 0 Å². The Morgan fingerprint density at radius 1 is 1.47 bits per heavy atom. The van der Waals surface area contributed by atoms with Crippen LogP contribution in [0.25, 0.3) is 0 Å². The van der Waals surface area contributed by atoms with Crippen molar-refractivity contribution in [1.29, 1.82) is 0 Å².